The van der Waals surface area contributed by atoms with E-state index in [4.69, 9.17) is 16.6 Å². The largest absolute Gasteiger partial charge is 0.338 e. The van der Waals surface area contributed by atoms with E-state index in [0.29, 0.717) is 0 Å². The Labute approximate surface area is 149 Å². The fourth-order valence-corrected chi connectivity index (χ4v) is 4.54. The second-order valence-electron chi connectivity index (χ2n) is 5.93. The van der Waals surface area contributed by atoms with E-state index in [1.54, 1.807) is 11.8 Å². The maximum absolute atomic E-state index is 6.14. The number of thioether (sulfide) groups is 1. The first-order chi connectivity index (χ1) is 11.7. The predicted molar refractivity (Wildman–Crippen MR) is 104 cm³/mol. The maximum Gasteiger partial charge on any atom is 0.0820 e. The molecule has 0 unspecified atom stereocenters. The Bertz CT molecular complexity index is 1060. The Morgan fingerprint density at radius 3 is 2.79 bits per heavy atom. The monoisotopic (exact) mass is 348 g/mol. The summed E-state index contributed by atoms with van der Waals surface area (Å²) in [4.78, 5) is 8.25. The van der Waals surface area contributed by atoms with Crippen LogP contribution >= 0.6 is 23.4 Å². The Morgan fingerprint density at radius 2 is 1.92 bits per heavy atom. The van der Waals surface area contributed by atoms with E-state index in [9.17, 15) is 0 Å². The molecule has 3 aromatic carbocycles. The third kappa shape index (κ3) is 2.02. The molecule has 0 fully saturated rings. The standard InChI is InChI=1S/C20H13ClN2S/c1-23-17-10-13(21)8-9-18(17)24-19(23)11-16-14-6-2-4-12-5-3-7-15(22-16)20(12)14/h2-11H,1H3/b19-11-. The molecular formula is C20H13ClN2S. The van der Waals surface area contributed by atoms with E-state index in [2.05, 4.69) is 60.5 Å². The molecule has 2 heterocycles. The summed E-state index contributed by atoms with van der Waals surface area (Å²) in [5.41, 5.74) is 4.43. The Morgan fingerprint density at radius 1 is 1.08 bits per heavy atom. The average Bonchev–Trinajstić information content (AvgIpc) is 3.09. The highest BCUT2D eigenvalue weighted by Crippen LogP contribution is 2.46. The van der Waals surface area contributed by atoms with E-state index in [0.717, 1.165) is 27.1 Å². The van der Waals surface area contributed by atoms with Gasteiger partial charge in [-0.2, -0.15) is 0 Å². The molecule has 0 atom stereocenters. The lowest BCUT2D eigenvalue weighted by Crippen LogP contribution is -2.11. The fraction of sp³-hybridized carbons (Fsp3) is 0.0500. The molecule has 0 saturated heterocycles. The van der Waals surface area contributed by atoms with E-state index < -0.39 is 0 Å². The van der Waals surface area contributed by atoms with Gasteiger partial charge >= 0.3 is 0 Å². The number of allylic oxidation sites excluding steroid dienone is 1. The van der Waals surface area contributed by atoms with Crippen LogP contribution in [-0.4, -0.2) is 12.8 Å². The fourth-order valence-electron chi connectivity index (χ4n) is 3.31. The summed E-state index contributed by atoms with van der Waals surface area (Å²) in [6.45, 7) is 0. The van der Waals surface area contributed by atoms with Crippen LogP contribution in [0.3, 0.4) is 0 Å². The zero-order valence-corrected chi connectivity index (χ0v) is 14.5. The number of hydrogen-bond donors (Lipinski definition) is 0. The van der Waals surface area contributed by atoms with Gasteiger partial charge in [-0.1, -0.05) is 53.7 Å². The van der Waals surface area contributed by atoms with Crippen molar-refractivity contribution in [3.05, 3.63) is 76.3 Å². The van der Waals surface area contributed by atoms with Gasteiger partial charge in [-0.25, -0.2) is 4.99 Å². The van der Waals surface area contributed by atoms with Gasteiger partial charge in [-0.15, -0.1) is 0 Å². The normalized spacial score (nSPS) is 16.8. The van der Waals surface area contributed by atoms with E-state index >= 15 is 0 Å². The summed E-state index contributed by atoms with van der Waals surface area (Å²) in [6.07, 6.45) is 2.17. The van der Waals surface area contributed by atoms with Crippen molar-refractivity contribution in [1.82, 2.24) is 0 Å². The molecule has 0 amide bonds. The van der Waals surface area contributed by atoms with Crippen molar-refractivity contribution in [1.29, 1.82) is 0 Å². The van der Waals surface area contributed by atoms with Crippen molar-refractivity contribution < 1.29 is 0 Å². The van der Waals surface area contributed by atoms with Crippen molar-refractivity contribution in [2.45, 2.75) is 4.90 Å². The Balaban J connectivity index is 1.61. The SMILES string of the molecule is CN1/C(=C/C2=Nc3cccc4cccc2c34)Sc2ccc(Cl)cc21. The number of rotatable bonds is 1. The van der Waals surface area contributed by atoms with Crippen LogP contribution in [0.4, 0.5) is 11.4 Å². The molecule has 0 radical (unpaired) electrons. The van der Waals surface area contributed by atoms with Crippen LogP contribution in [0.1, 0.15) is 5.56 Å². The lowest BCUT2D eigenvalue weighted by atomic mass is 10.0. The summed E-state index contributed by atoms with van der Waals surface area (Å²) in [5.74, 6) is 0. The van der Waals surface area contributed by atoms with Crippen molar-refractivity contribution in [2.24, 2.45) is 4.99 Å². The van der Waals surface area contributed by atoms with Gasteiger partial charge in [0.25, 0.3) is 0 Å². The van der Waals surface area contributed by atoms with Gasteiger partial charge in [0.05, 0.1) is 22.1 Å². The second-order valence-corrected chi connectivity index (χ2v) is 7.43. The molecule has 2 nitrogen and oxygen atoms in total. The van der Waals surface area contributed by atoms with Gasteiger partial charge in [-0.3, -0.25) is 0 Å². The zero-order chi connectivity index (χ0) is 16.3. The van der Waals surface area contributed by atoms with Gasteiger partial charge in [0.15, 0.2) is 0 Å². The van der Waals surface area contributed by atoms with Gasteiger partial charge < -0.3 is 4.90 Å². The van der Waals surface area contributed by atoms with Gasteiger partial charge in [0.1, 0.15) is 0 Å². The quantitative estimate of drug-likeness (QED) is 0.535. The molecule has 0 spiro atoms. The van der Waals surface area contributed by atoms with Crippen molar-refractivity contribution >= 4 is 51.2 Å². The maximum atomic E-state index is 6.14. The molecule has 0 N–H and O–H groups in total. The third-order valence-corrected chi connectivity index (χ3v) is 5.89. The Kier molecular flexibility index (Phi) is 3.02. The van der Waals surface area contributed by atoms with Crippen LogP contribution in [0.2, 0.25) is 5.02 Å². The highest BCUT2D eigenvalue weighted by molar-refractivity contribution is 8.03. The topological polar surface area (TPSA) is 15.6 Å². The molecule has 2 aliphatic heterocycles. The third-order valence-electron chi connectivity index (χ3n) is 4.49. The minimum Gasteiger partial charge on any atom is -0.338 e. The molecule has 2 aliphatic rings. The van der Waals surface area contributed by atoms with Crippen molar-refractivity contribution in [2.75, 3.05) is 11.9 Å². The highest BCUT2D eigenvalue weighted by atomic mass is 35.5. The van der Waals surface area contributed by atoms with Crippen molar-refractivity contribution in [3.63, 3.8) is 0 Å². The van der Waals surface area contributed by atoms with E-state index in [1.165, 1.54) is 21.2 Å². The molecule has 116 valence electrons. The van der Waals surface area contributed by atoms with Crippen LogP contribution in [0, 0.1) is 0 Å². The number of anilines is 1. The molecule has 4 heteroatoms. The van der Waals surface area contributed by atoms with Gasteiger partial charge in [0.2, 0.25) is 0 Å². The molecule has 3 aromatic rings. The summed E-state index contributed by atoms with van der Waals surface area (Å²) < 4.78 is 0. The first-order valence-corrected chi connectivity index (χ1v) is 8.94. The molecular weight excluding hydrogens is 336 g/mol. The van der Waals surface area contributed by atoms with Crippen LogP contribution in [0.15, 0.2) is 75.6 Å². The molecule has 5 rings (SSSR count). The number of hydrogen-bond acceptors (Lipinski definition) is 3. The lowest BCUT2D eigenvalue weighted by molar-refractivity contribution is 1.18. The molecule has 24 heavy (non-hydrogen) atoms. The van der Waals surface area contributed by atoms with Crippen LogP contribution < -0.4 is 4.90 Å². The minimum absolute atomic E-state index is 0.762. The molecule has 0 bridgehead atoms. The predicted octanol–water partition coefficient (Wildman–Crippen LogP) is 6.01. The van der Waals surface area contributed by atoms with Crippen LogP contribution in [0.5, 0.6) is 0 Å². The number of aliphatic imine (C=N–C) groups is 1. The van der Waals surface area contributed by atoms with Crippen LogP contribution in [0.25, 0.3) is 10.8 Å². The second kappa shape index (κ2) is 5.13. The van der Waals surface area contributed by atoms with Crippen LogP contribution in [-0.2, 0) is 0 Å². The van der Waals surface area contributed by atoms with E-state index in [1.807, 2.05) is 12.1 Å². The van der Waals surface area contributed by atoms with Crippen molar-refractivity contribution in [3.8, 4) is 0 Å². The number of fused-ring (bicyclic) bond motifs is 1. The first-order valence-electron chi connectivity index (χ1n) is 7.74. The number of benzene rings is 3. The smallest absolute Gasteiger partial charge is 0.0820 e. The summed E-state index contributed by atoms with van der Waals surface area (Å²) in [6, 6.07) is 18.7. The first kappa shape index (κ1) is 14.1. The van der Waals surface area contributed by atoms with Gasteiger partial charge in [-0.05, 0) is 35.7 Å². The molecule has 0 aromatic heterocycles. The summed E-state index contributed by atoms with van der Waals surface area (Å²) in [5, 5.41) is 4.41. The average molecular weight is 349 g/mol. The zero-order valence-electron chi connectivity index (χ0n) is 13.0. The minimum atomic E-state index is 0.762. The summed E-state index contributed by atoms with van der Waals surface area (Å²) in [7, 11) is 2.07. The summed E-state index contributed by atoms with van der Waals surface area (Å²) >= 11 is 7.90. The lowest BCUT2D eigenvalue weighted by Gasteiger charge is -2.13. The number of halogens is 1. The van der Waals surface area contributed by atoms with E-state index in [-0.39, 0.29) is 0 Å². The highest BCUT2D eigenvalue weighted by Gasteiger charge is 2.24. The number of nitrogens with zero attached hydrogens (tertiary/aromatic N) is 2. The molecule has 0 aliphatic carbocycles. The Hall–Kier alpha value is -2.23. The van der Waals surface area contributed by atoms with Gasteiger partial charge in [0, 0.05) is 27.9 Å². The molecule has 0 saturated carbocycles.